The summed E-state index contributed by atoms with van der Waals surface area (Å²) in [6.07, 6.45) is 4.28. The molecule has 1 aromatic carbocycles. The first kappa shape index (κ1) is 14.6. The summed E-state index contributed by atoms with van der Waals surface area (Å²) >= 11 is 0. The molecule has 0 unspecified atom stereocenters. The molecule has 0 aromatic heterocycles. The van der Waals surface area contributed by atoms with Crippen molar-refractivity contribution in [2.75, 3.05) is 36.4 Å². The number of carbonyl (C=O) groups is 1. The van der Waals surface area contributed by atoms with E-state index in [1.807, 2.05) is 13.0 Å². The fraction of sp³-hybridized carbons (Fsp3) is 0.438. The SMILES string of the molecule is C=CCNCC(=O)Nc1ccc(N2CCCC2)cc1C. The highest BCUT2D eigenvalue weighted by Gasteiger charge is 2.13. The van der Waals surface area contributed by atoms with Crippen molar-refractivity contribution in [1.82, 2.24) is 5.32 Å². The maximum absolute atomic E-state index is 11.8. The first-order chi connectivity index (χ1) is 9.70. The molecule has 0 radical (unpaired) electrons. The molecule has 1 fully saturated rings. The molecule has 0 bridgehead atoms. The van der Waals surface area contributed by atoms with Crippen LogP contribution in [0.2, 0.25) is 0 Å². The largest absolute Gasteiger partial charge is 0.372 e. The third-order valence-electron chi connectivity index (χ3n) is 3.53. The van der Waals surface area contributed by atoms with Crippen molar-refractivity contribution in [3.05, 3.63) is 36.4 Å². The van der Waals surface area contributed by atoms with Crippen LogP contribution in [0.4, 0.5) is 11.4 Å². The zero-order valence-electron chi connectivity index (χ0n) is 12.1. The lowest BCUT2D eigenvalue weighted by Gasteiger charge is -2.19. The molecule has 1 amide bonds. The summed E-state index contributed by atoms with van der Waals surface area (Å²) in [4.78, 5) is 14.2. The lowest BCUT2D eigenvalue weighted by Crippen LogP contribution is -2.28. The number of hydrogen-bond acceptors (Lipinski definition) is 3. The number of nitrogens with zero attached hydrogens (tertiary/aromatic N) is 1. The topological polar surface area (TPSA) is 44.4 Å². The van der Waals surface area contributed by atoms with Crippen molar-refractivity contribution in [3.63, 3.8) is 0 Å². The Morgan fingerprint density at radius 3 is 2.80 bits per heavy atom. The van der Waals surface area contributed by atoms with Crippen molar-refractivity contribution in [3.8, 4) is 0 Å². The van der Waals surface area contributed by atoms with Gasteiger partial charge in [-0.05, 0) is 43.5 Å². The van der Waals surface area contributed by atoms with Crippen LogP contribution in [0.15, 0.2) is 30.9 Å². The number of anilines is 2. The van der Waals surface area contributed by atoms with Crippen molar-refractivity contribution in [2.45, 2.75) is 19.8 Å². The van der Waals surface area contributed by atoms with Gasteiger partial charge in [-0.3, -0.25) is 4.79 Å². The van der Waals surface area contributed by atoms with E-state index < -0.39 is 0 Å². The van der Waals surface area contributed by atoms with Gasteiger partial charge in [0.1, 0.15) is 0 Å². The number of carbonyl (C=O) groups excluding carboxylic acids is 1. The molecule has 0 saturated carbocycles. The van der Waals surface area contributed by atoms with Crippen molar-refractivity contribution < 1.29 is 4.79 Å². The van der Waals surface area contributed by atoms with Crippen molar-refractivity contribution in [2.24, 2.45) is 0 Å². The minimum atomic E-state index is -0.0242. The molecule has 1 aromatic rings. The second-order valence-electron chi connectivity index (χ2n) is 5.16. The molecular weight excluding hydrogens is 250 g/mol. The van der Waals surface area contributed by atoms with Crippen LogP contribution in [0.5, 0.6) is 0 Å². The van der Waals surface area contributed by atoms with Crippen LogP contribution in [-0.4, -0.2) is 32.1 Å². The molecule has 0 spiro atoms. The van der Waals surface area contributed by atoms with E-state index in [-0.39, 0.29) is 5.91 Å². The number of aryl methyl sites for hydroxylation is 1. The fourth-order valence-corrected chi connectivity index (χ4v) is 2.44. The summed E-state index contributed by atoms with van der Waals surface area (Å²) in [6, 6.07) is 6.23. The first-order valence-electron chi connectivity index (χ1n) is 7.18. The molecule has 0 atom stereocenters. The van der Waals surface area contributed by atoms with Gasteiger partial charge in [-0.25, -0.2) is 0 Å². The molecule has 1 aliphatic heterocycles. The van der Waals surface area contributed by atoms with Crippen molar-refractivity contribution >= 4 is 17.3 Å². The number of nitrogens with one attached hydrogen (secondary N) is 2. The summed E-state index contributed by atoms with van der Waals surface area (Å²) < 4.78 is 0. The highest BCUT2D eigenvalue weighted by molar-refractivity contribution is 5.93. The van der Waals surface area contributed by atoms with E-state index in [1.54, 1.807) is 6.08 Å². The average molecular weight is 273 g/mol. The molecule has 2 N–H and O–H groups in total. The van der Waals surface area contributed by atoms with Gasteiger partial charge in [-0.15, -0.1) is 6.58 Å². The van der Waals surface area contributed by atoms with Crippen LogP contribution in [0.1, 0.15) is 18.4 Å². The molecular formula is C16H23N3O. The van der Waals surface area contributed by atoms with Crippen LogP contribution >= 0.6 is 0 Å². The lowest BCUT2D eigenvalue weighted by molar-refractivity contribution is -0.115. The Balaban J connectivity index is 1.95. The number of amides is 1. The maximum atomic E-state index is 11.8. The molecule has 2 rings (SSSR count). The standard InChI is InChI=1S/C16H23N3O/c1-3-8-17-12-16(20)18-15-7-6-14(11-13(15)2)19-9-4-5-10-19/h3,6-7,11,17H,1,4-5,8-10,12H2,2H3,(H,18,20). The van der Waals surface area contributed by atoms with Crippen molar-refractivity contribution in [1.29, 1.82) is 0 Å². The van der Waals surface area contributed by atoms with Crippen LogP contribution < -0.4 is 15.5 Å². The Bertz CT molecular complexity index is 479. The zero-order chi connectivity index (χ0) is 14.4. The van der Waals surface area contributed by atoms with Gasteiger partial charge in [-0.1, -0.05) is 6.08 Å². The molecule has 1 saturated heterocycles. The Kier molecular flexibility index (Phi) is 5.18. The van der Waals surface area contributed by atoms with Gasteiger partial charge >= 0.3 is 0 Å². The van der Waals surface area contributed by atoms with Gasteiger partial charge in [0, 0.05) is 31.0 Å². The molecule has 4 nitrogen and oxygen atoms in total. The summed E-state index contributed by atoms with van der Waals surface area (Å²) in [5, 5.41) is 5.93. The molecule has 1 aliphatic rings. The highest BCUT2D eigenvalue weighted by atomic mass is 16.1. The minimum Gasteiger partial charge on any atom is -0.372 e. The lowest BCUT2D eigenvalue weighted by atomic mass is 10.1. The average Bonchev–Trinajstić information content (AvgIpc) is 2.95. The predicted molar refractivity (Wildman–Crippen MR) is 84.3 cm³/mol. The normalized spacial score (nSPS) is 14.3. The van der Waals surface area contributed by atoms with Gasteiger partial charge in [0.05, 0.1) is 6.54 Å². The van der Waals surface area contributed by atoms with E-state index >= 15 is 0 Å². The third-order valence-corrected chi connectivity index (χ3v) is 3.53. The van der Waals surface area contributed by atoms with E-state index in [9.17, 15) is 4.79 Å². The van der Waals surface area contributed by atoms with E-state index in [0.717, 1.165) is 24.3 Å². The van der Waals surface area contributed by atoms with E-state index in [1.165, 1.54) is 18.5 Å². The minimum absolute atomic E-state index is 0.0242. The quantitative estimate of drug-likeness (QED) is 0.617. The summed E-state index contributed by atoms with van der Waals surface area (Å²) in [5.74, 6) is -0.0242. The van der Waals surface area contributed by atoms with Gasteiger partial charge in [0.2, 0.25) is 5.91 Å². The van der Waals surface area contributed by atoms with Gasteiger partial charge in [0.15, 0.2) is 0 Å². The fourth-order valence-electron chi connectivity index (χ4n) is 2.44. The number of hydrogen-bond donors (Lipinski definition) is 2. The predicted octanol–water partition coefficient (Wildman–Crippen LogP) is 2.31. The van der Waals surface area contributed by atoms with Crippen LogP contribution in [0.25, 0.3) is 0 Å². The molecule has 108 valence electrons. The van der Waals surface area contributed by atoms with Gasteiger partial charge in [0.25, 0.3) is 0 Å². The molecule has 0 aliphatic carbocycles. The summed E-state index contributed by atoms with van der Waals surface area (Å²) in [7, 11) is 0. The Labute approximate surface area is 120 Å². The van der Waals surface area contributed by atoms with Crippen LogP contribution in [-0.2, 0) is 4.79 Å². The molecule has 1 heterocycles. The first-order valence-corrected chi connectivity index (χ1v) is 7.18. The summed E-state index contributed by atoms with van der Waals surface area (Å²) in [6.45, 7) is 8.85. The highest BCUT2D eigenvalue weighted by Crippen LogP contribution is 2.25. The third kappa shape index (κ3) is 3.84. The smallest absolute Gasteiger partial charge is 0.238 e. The monoisotopic (exact) mass is 273 g/mol. The Morgan fingerprint density at radius 2 is 2.15 bits per heavy atom. The maximum Gasteiger partial charge on any atom is 0.238 e. The van der Waals surface area contributed by atoms with E-state index in [0.29, 0.717) is 13.1 Å². The second kappa shape index (κ2) is 7.10. The number of rotatable bonds is 6. The van der Waals surface area contributed by atoms with E-state index in [2.05, 4.69) is 34.2 Å². The molecule has 4 heteroatoms. The molecule has 20 heavy (non-hydrogen) atoms. The summed E-state index contributed by atoms with van der Waals surface area (Å²) in [5.41, 5.74) is 3.24. The van der Waals surface area contributed by atoms with Crippen LogP contribution in [0, 0.1) is 6.92 Å². The Hall–Kier alpha value is -1.81. The van der Waals surface area contributed by atoms with E-state index in [4.69, 9.17) is 0 Å². The zero-order valence-corrected chi connectivity index (χ0v) is 12.1. The van der Waals surface area contributed by atoms with Gasteiger partial charge < -0.3 is 15.5 Å². The van der Waals surface area contributed by atoms with Gasteiger partial charge in [-0.2, -0.15) is 0 Å². The second-order valence-corrected chi connectivity index (χ2v) is 5.16. The Morgan fingerprint density at radius 1 is 1.40 bits per heavy atom. The van der Waals surface area contributed by atoms with Crippen LogP contribution in [0.3, 0.4) is 0 Å². The number of benzene rings is 1.